The summed E-state index contributed by atoms with van der Waals surface area (Å²) >= 11 is 11.8. The van der Waals surface area contributed by atoms with Gasteiger partial charge in [-0.15, -0.1) is 5.60 Å². The first-order chi connectivity index (χ1) is 19.5. The van der Waals surface area contributed by atoms with Crippen LogP contribution in [0.5, 0.6) is 0 Å². The zero-order chi connectivity index (χ0) is 32.0. The van der Waals surface area contributed by atoms with Crippen LogP contribution < -0.4 is 62.2 Å². The molecule has 0 aliphatic carbocycles. The van der Waals surface area contributed by atoms with E-state index in [0.717, 1.165) is 20.1 Å². The second-order valence-corrected chi connectivity index (χ2v) is 11.5. The minimum absolute atomic E-state index is 0. The van der Waals surface area contributed by atoms with Gasteiger partial charge in [-0.3, -0.25) is 20.2 Å². The van der Waals surface area contributed by atoms with E-state index in [2.05, 4.69) is 51.8 Å². The molecule has 0 bridgehead atoms. The Hall–Kier alpha value is -1.95. The molecule has 0 radical (unpaired) electrons. The summed E-state index contributed by atoms with van der Waals surface area (Å²) < 4.78 is 1.62. The van der Waals surface area contributed by atoms with Gasteiger partial charge in [0.15, 0.2) is 0 Å². The molecule has 0 amide bonds. The molecule has 16 heteroatoms. The summed E-state index contributed by atoms with van der Waals surface area (Å²) in [6.07, 6.45) is 6.81. The minimum atomic E-state index is -0.750. The van der Waals surface area contributed by atoms with Gasteiger partial charge in [0.25, 0.3) is 11.4 Å². The molecule has 0 aliphatic rings. The van der Waals surface area contributed by atoms with Crippen LogP contribution in [0.25, 0.3) is 0 Å². The van der Waals surface area contributed by atoms with Crippen LogP contribution in [-0.2, 0) is 6.42 Å². The van der Waals surface area contributed by atoms with Gasteiger partial charge >= 0.3 is 51.4 Å². The number of nitrogens with zero attached hydrogens (tertiary/aromatic N) is 6. The first-order valence-corrected chi connectivity index (χ1v) is 14.0. The van der Waals surface area contributed by atoms with E-state index in [0.29, 0.717) is 17.8 Å². The SMILES string of the molecule is C.CC(C)(C)[O-].Cc1cccc([N+](=O)[O-])c1Cc1ncc(Br)cn1.Cc1cccc([N+](=O)[O-])c1N.Clc1ncc(Br)cn1.[K+]. The minimum Gasteiger partial charge on any atom is -0.850 e. The quantitative estimate of drug-likeness (QED) is 0.103. The largest absolute Gasteiger partial charge is 1.00 e. The molecular formula is C28H33Br2ClKN7O5. The zero-order valence-electron chi connectivity index (χ0n) is 24.4. The molecule has 2 aromatic heterocycles. The van der Waals surface area contributed by atoms with Crippen molar-refractivity contribution >= 4 is 60.5 Å². The summed E-state index contributed by atoms with van der Waals surface area (Å²) in [7, 11) is 0. The van der Waals surface area contributed by atoms with Crippen LogP contribution in [-0.4, -0.2) is 35.4 Å². The Morgan fingerprint density at radius 3 is 1.59 bits per heavy atom. The van der Waals surface area contributed by atoms with Crippen molar-refractivity contribution in [3.63, 3.8) is 0 Å². The average Bonchev–Trinajstić information content (AvgIpc) is 2.89. The van der Waals surface area contributed by atoms with Crippen molar-refractivity contribution in [1.82, 2.24) is 19.9 Å². The number of nitro benzene ring substituents is 2. The Morgan fingerprint density at radius 1 is 0.818 bits per heavy atom. The number of nitrogens with two attached hydrogens (primary N) is 1. The Bertz CT molecular complexity index is 1450. The number of halogens is 3. The third-order valence-corrected chi connectivity index (χ3v) is 5.69. The van der Waals surface area contributed by atoms with Crippen molar-refractivity contribution in [3.8, 4) is 0 Å². The number of hydrogen-bond acceptors (Lipinski definition) is 10. The predicted molar refractivity (Wildman–Crippen MR) is 174 cm³/mol. The summed E-state index contributed by atoms with van der Waals surface area (Å²) in [5, 5.41) is 31.7. The molecule has 4 rings (SSSR count). The zero-order valence-corrected chi connectivity index (χ0v) is 31.5. The van der Waals surface area contributed by atoms with Crippen molar-refractivity contribution < 1.29 is 66.3 Å². The van der Waals surface area contributed by atoms with Gasteiger partial charge in [0.2, 0.25) is 5.28 Å². The smallest absolute Gasteiger partial charge is 0.850 e. The maximum Gasteiger partial charge on any atom is 1.00 e. The fraction of sp³-hybridized carbons (Fsp3) is 0.286. The molecule has 0 atom stereocenters. The predicted octanol–water partition coefficient (Wildman–Crippen LogP) is 4.21. The Balaban J connectivity index is 0. The summed E-state index contributed by atoms with van der Waals surface area (Å²) in [6, 6.07) is 9.77. The third kappa shape index (κ3) is 18.1. The maximum atomic E-state index is 11.0. The van der Waals surface area contributed by atoms with Crippen LogP contribution in [0.3, 0.4) is 0 Å². The molecule has 0 unspecified atom stereocenters. The van der Waals surface area contributed by atoms with Gasteiger partial charge in [-0.1, -0.05) is 52.5 Å². The molecule has 232 valence electrons. The molecule has 0 saturated heterocycles. The number of hydrogen-bond donors (Lipinski definition) is 1. The van der Waals surface area contributed by atoms with Crippen LogP contribution in [0.2, 0.25) is 5.28 Å². The average molecular weight is 782 g/mol. The van der Waals surface area contributed by atoms with Gasteiger partial charge in [0.1, 0.15) is 11.5 Å². The molecular weight excluding hydrogens is 749 g/mol. The Kier molecular flexibility index (Phi) is 21.8. The fourth-order valence-corrected chi connectivity index (χ4v) is 3.30. The molecule has 2 aromatic carbocycles. The van der Waals surface area contributed by atoms with E-state index in [9.17, 15) is 25.3 Å². The monoisotopic (exact) mass is 779 g/mol. The molecule has 0 aliphatic heterocycles. The van der Waals surface area contributed by atoms with Crippen molar-refractivity contribution in [3.05, 3.63) is 118 Å². The molecule has 12 nitrogen and oxygen atoms in total. The molecule has 0 spiro atoms. The number of aromatic nitrogens is 4. The van der Waals surface area contributed by atoms with Crippen molar-refractivity contribution in [2.24, 2.45) is 0 Å². The molecule has 0 fully saturated rings. The molecule has 2 N–H and O–H groups in total. The van der Waals surface area contributed by atoms with E-state index in [-0.39, 0.29) is 86.1 Å². The molecule has 2 heterocycles. The van der Waals surface area contributed by atoms with E-state index in [1.807, 2.05) is 13.0 Å². The molecule has 0 saturated carbocycles. The number of nitro groups is 2. The molecule has 4 aromatic rings. The van der Waals surface area contributed by atoms with E-state index in [1.165, 1.54) is 12.1 Å². The summed E-state index contributed by atoms with van der Waals surface area (Å²) in [4.78, 5) is 36.1. The van der Waals surface area contributed by atoms with Gasteiger partial charge in [0.05, 0.1) is 18.8 Å². The number of para-hydroxylation sites is 1. The van der Waals surface area contributed by atoms with Crippen LogP contribution in [0, 0.1) is 34.1 Å². The number of aryl methyl sites for hydroxylation is 2. The normalized spacial score (nSPS) is 9.66. The topological polar surface area (TPSA) is 187 Å². The summed E-state index contributed by atoms with van der Waals surface area (Å²) in [5.74, 6) is 0.565. The van der Waals surface area contributed by atoms with Crippen molar-refractivity contribution in [2.45, 2.75) is 54.1 Å². The van der Waals surface area contributed by atoms with Gasteiger partial charge in [0, 0.05) is 48.9 Å². The number of nitrogen functional groups attached to an aromatic ring is 1. The standard InChI is InChI=1S/C12H10BrN3O2.C7H8N2O2.C4H2BrClN2.C4H9O.CH4.K/c1-8-3-2-4-11(16(17)18)10(8)5-12-14-6-9(13)7-15-12;1-5-3-2-4-6(7(5)8)9(10)11;5-3-1-7-4(6)8-2-3;1-4(2,3)5;;/h2-4,6-7H,5H2,1H3;2-4H,8H2,1H3;1-2H;1-3H3;1H4;/q;;;-1;;+1. The first-order valence-electron chi connectivity index (χ1n) is 12.0. The van der Waals surface area contributed by atoms with Crippen LogP contribution >= 0.6 is 43.5 Å². The number of benzene rings is 2. The van der Waals surface area contributed by atoms with Crippen LogP contribution in [0.1, 0.15) is 50.7 Å². The fourth-order valence-electron chi connectivity index (χ4n) is 2.80. The van der Waals surface area contributed by atoms with Crippen LogP contribution in [0.4, 0.5) is 17.1 Å². The number of anilines is 1. The van der Waals surface area contributed by atoms with Gasteiger partial charge in [-0.2, -0.15) is 0 Å². The van der Waals surface area contributed by atoms with Crippen molar-refractivity contribution in [2.75, 3.05) is 5.73 Å². The molecule has 44 heavy (non-hydrogen) atoms. The second kappa shape index (κ2) is 21.7. The number of rotatable bonds is 4. The van der Waals surface area contributed by atoms with E-state index in [1.54, 1.807) is 70.7 Å². The summed E-state index contributed by atoms with van der Waals surface area (Å²) in [5.41, 5.74) is 7.29. The Labute approximate surface area is 321 Å². The third-order valence-electron chi connectivity index (χ3n) is 4.68. The van der Waals surface area contributed by atoms with E-state index in [4.69, 9.17) is 17.3 Å². The van der Waals surface area contributed by atoms with E-state index < -0.39 is 10.5 Å². The van der Waals surface area contributed by atoms with E-state index >= 15 is 0 Å². The van der Waals surface area contributed by atoms with Gasteiger partial charge in [-0.25, -0.2) is 19.9 Å². The first kappa shape index (κ1) is 44.2. The summed E-state index contributed by atoms with van der Waals surface area (Å²) in [6.45, 7) is 8.48. The van der Waals surface area contributed by atoms with Crippen LogP contribution in [0.15, 0.2) is 70.1 Å². The van der Waals surface area contributed by atoms with Gasteiger partial charge in [-0.05, 0) is 68.4 Å². The van der Waals surface area contributed by atoms with Gasteiger partial charge < -0.3 is 10.8 Å². The maximum absolute atomic E-state index is 11.0. The Morgan fingerprint density at radius 2 is 1.20 bits per heavy atom. The van der Waals surface area contributed by atoms with Crippen molar-refractivity contribution in [1.29, 1.82) is 0 Å². The second-order valence-electron chi connectivity index (χ2n) is 9.37.